The summed E-state index contributed by atoms with van der Waals surface area (Å²) in [6, 6.07) is 0. The van der Waals surface area contributed by atoms with Crippen molar-refractivity contribution in [2.24, 2.45) is 0 Å². The van der Waals surface area contributed by atoms with E-state index in [1.54, 1.807) is 0 Å². The van der Waals surface area contributed by atoms with Crippen molar-refractivity contribution in [3.8, 4) is 0 Å². The molecule has 0 aliphatic carbocycles. The minimum atomic E-state index is -8.02. The molecule has 0 saturated carbocycles. The van der Waals surface area contributed by atoms with E-state index >= 15 is 0 Å². The van der Waals surface area contributed by atoms with Gasteiger partial charge in [-0.2, -0.15) is 39.5 Å². The van der Waals surface area contributed by atoms with E-state index in [9.17, 15) is 64.8 Å². The molecule has 0 spiro atoms. The van der Waals surface area contributed by atoms with Gasteiger partial charge >= 0.3 is 63.3 Å². The van der Waals surface area contributed by atoms with Crippen molar-refractivity contribution in [2.75, 3.05) is 0 Å². The van der Waals surface area contributed by atoms with Gasteiger partial charge in [-0.1, -0.05) is 0 Å². The van der Waals surface area contributed by atoms with Crippen LogP contribution in [0.2, 0.25) is 0 Å². The van der Waals surface area contributed by atoms with Gasteiger partial charge in [0.25, 0.3) is 0 Å². The Bertz CT molecular complexity index is 726. The summed E-state index contributed by atoms with van der Waals surface area (Å²) in [6.07, 6.45) is 0. The van der Waals surface area contributed by atoms with Gasteiger partial charge in [-0.05, 0) is 0 Å². The molecule has 0 amide bonds. The zero-order valence-corrected chi connectivity index (χ0v) is 16.8. The molecule has 25 heteroatoms. The van der Waals surface area contributed by atoms with Crippen molar-refractivity contribution in [3.05, 3.63) is 3.91 Å². The Morgan fingerprint density at radius 3 is 0.759 bits per heavy atom. The van der Waals surface area contributed by atoms with Crippen LogP contribution in [-0.2, 0) is 29.5 Å². The molecule has 3 N–H and O–H groups in total. The minimum absolute atomic E-state index is 0. The van der Waals surface area contributed by atoms with Crippen molar-refractivity contribution in [2.45, 2.75) is 16.5 Å². The molecule has 0 rings (SSSR count). The van der Waals surface area contributed by atoms with Crippen LogP contribution in [0.1, 0.15) is 0 Å². The van der Waals surface area contributed by atoms with Crippen LogP contribution in [0.25, 0.3) is 0 Å². The van der Waals surface area contributed by atoms with Crippen molar-refractivity contribution < 1.29 is 122 Å². The molecule has 0 fully saturated rings. The number of hydrogen-bond donors (Lipinski definition) is 3. The first-order chi connectivity index (χ1) is 11.1. The molecule has 0 unspecified atom stereocenters. The van der Waals surface area contributed by atoms with Crippen molar-refractivity contribution in [1.29, 1.82) is 0 Å². The monoisotopic (exact) mass is 520 g/mol. The largest absolute Gasteiger partial charge is 1.00 e. The van der Waals surface area contributed by atoms with Gasteiger partial charge in [-0.15, -0.1) is 0 Å². The summed E-state index contributed by atoms with van der Waals surface area (Å²) in [5.74, 6) is 0. The summed E-state index contributed by atoms with van der Waals surface area (Å²) in [4.78, 5) is 30.6. The maximum atomic E-state index is 12.0. The molecule has 10 nitrogen and oxygen atoms in total. The van der Waals surface area contributed by atoms with E-state index < -0.39 is 59.0 Å². The van der Waals surface area contributed by atoms with Crippen LogP contribution >= 0.6 is 0 Å². The molecule has 166 valence electrons. The summed E-state index contributed by atoms with van der Waals surface area (Å²) >= 11 is 0. The molecule has 0 aromatic carbocycles. The molecule has 0 heterocycles. The van der Waals surface area contributed by atoms with E-state index in [-0.39, 0.29) is 37.7 Å². The van der Waals surface area contributed by atoms with Gasteiger partial charge in [-0.3, -0.25) is 25.3 Å². The van der Waals surface area contributed by atoms with Crippen molar-refractivity contribution >= 4 is 38.6 Å². The van der Waals surface area contributed by atoms with E-state index in [0.717, 1.165) is 0 Å². The number of halogens is 9. The predicted octanol–water partition coefficient (Wildman–Crippen LogP) is -8.00. The Morgan fingerprint density at radius 2 is 0.690 bits per heavy atom. The SMILES string of the molecule is O=S(=O)([C-](S(=O)(=O)C(F)(F)F)S(=O)(=O)C(F)(F)F)C(F)(F)F.[Li+].[Li+].[O-][Si](O)(O)O. The molecule has 0 radical (unpaired) electrons. The quantitative estimate of drug-likeness (QED) is 0.183. The van der Waals surface area contributed by atoms with Gasteiger partial charge in [0.15, 0.2) is 29.5 Å². The van der Waals surface area contributed by atoms with Gasteiger partial charge in [0.2, 0.25) is 0 Å². The average Bonchev–Trinajstić information content (AvgIpc) is 2.19. The first-order valence-corrected chi connectivity index (χ1v) is 11.0. The normalized spacial score (nSPS) is 14.3. The number of rotatable bonds is 3. The van der Waals surface area contributed by atoms with Crippen molar-refractivity contribution in [3.63, 3.8) is 0 Å². The Balaban J connectivity index is -0.000000396. The van der Waals surface area contributed by atoms with Gasteiger partial charge in [0.05, 0.1) is 3.91 Å². The Labute approximate surface area is 180 Å². The van der Waals surface area contributed by atoms with E-state index in [2.05, 4.69) is 0 Å². The minimum Gasteiger partial charge on any atom is -0.794 e. The Kier molecular flexibility index (Phi) is 13.2. The molecular formula is C4H3F9Li2O10S3Si. The molecule has 0 aliphatic rings. The topological polar surface area (TPSA) is 186 Å². The molecule has 0 atom stereocenters. The average molecular weight is 520 g/mol. The second kappa shape index (κ2) is 10.4. The Morgan fingerprint density at radius 1 is 0.586 bits per heavy atom. The summed E-state index contributed by atoms with van der Waals surface area (Å²) < 4.78 is 167. The summed E-state index contributed by atoms with van der Waals surface area (Å²) in [6.45, 7) is 0. The third-order valence-electron chi connectivity index (χ3n) is 1.57. The van der Waals surface area contributed by atoms with Crippen molar-refractivity contribution in [1.82, 2.24) is 0 Å². The molecule has 0 saturated heterocycles. The summed E-state index contributed by atoms with van der Waals surface area (Å²) in [7, 11) is -28.9. The second-order valence-electron chi connectivity index (χ2n) is 3.67. The van der Waals surface area contributed by atoms with E-state index in [1.165, 1.54) is 0 Å². The summed E-state index contributed by atoms with van der Waals surface area (Å²) in [5.41, 5.74) is -21.2. The molecule has 0 aromatic rings. The first-order valence-electron chi connectivity index (χ1n) is 4.80. The van der Waals surface area contributed by atoms with Crippen LogP contribution in [0, 0.1) is 3.91 Å². The molecule has 0 aliphatic heterocycles. The van der Waals surface area contributed by atoms with Crippen LogP contribution in [0.5, 0.6) is 0 Å². The fourth-order valence-electron chi connectivity index (χ4n) is 0.717. The zero-order valence-electron chi connectivity index (χ0n) is 13.3. The maximum Gasteiger partial charge on any atom is 1.00 e. The second-order valence-corrected chi connectivity index (χ2v) is 11.2. The fourth-order valence-corrected chi connectivity index (χ4v) is 6.45. The predicted molar refractivity (Wildman–Crippen MR) is 60.6 cm³/mol. The molecular weight excluding hydrogens is 517 g/mol. The van der Waals surface area contributed by atoms with E-state index in [0.29, 0.717) is 0 Å². The smallest absolute Gasteiger partial charge is 0.794 e. The van der Waals surface area contributed by atoms with Gasteiger partial charge in [0, 0.05) is 0 Å². The third-order valence-corrected chi connectivity index (χ3v) is 8.67. The van der Waals surface area contributed by atoms with Crippen LogP contribution in [-0.4, -0.2) is 65.2 Å². The van der Waals surface area contributed by atoms with Gasteiger partial charge in [0.1, 0.15) is 0 Å². The van der Waals surface area contributed by atoms with Crippen LogP contribution in [0.15, 0.2) is 0 Å². The van der Waals surface area contributed by atoms with Gasteiger partial charge < -0.3 is 19.2 Å². The fraction of sp³-hybridized carbons (Fsp3) is 0.750. The van der Waals surface area contributed by atoms with Gasteiger partial charge in [-0.25, -0.2) is 0 Å². The van der Waals surface area contributed by atoms with E-state index in [1.807, 2.05) is 0 Å². The number of hydrogen-bond acceptors (Lipinski definition) is 10. The van der Waals surface area contributed by atoms with Crippen LogP contribution in [0.4, 0.5) is 39.5 Å². The number of sulfone groups is 3. The molecule has 0 aromatic heterocycles. The standard InChI is InChI=1S/C4F9O6S3.2Li.H3O4Si/c5-2(6,7)20(14,15)1(21(16,17)3(8,9)10)22(18,19)4(11,12)13;;;1-5(2,3)4/h;;;1-3H/q-1;2*+1;-1. The first kappa shape index (κ1) is 36.8. The Hall–Kier alpha value is 0.472. The molecule has 0 bridgehead atoms. The zero-order chi connectivity index (χ0) is 23.1. The molecule has 29 heavy (non-hydrogen) atoms. The van der Waals surface area contributed by atoms with Crippen LogP contribution < -0.4 is 42.5 Å². The van der Waals surface area contributed by atoms with Crippen LogP contribution in [0.3, 0.4) is 0 Å². The number of alkyl halides is 9. The van der Waals surface area contributed by atoms with E-state index in [4.69, 9.17) is 19.2 Å². The third kappa shape index (κ3) is 9.65. The summed E-state index contributed by atoms with van der Waals surface area (Å²) in [5, 5.41) is 0. The maximum absolute atomic E-state index is 12.0.